The van der Waals surface area contributed by atoms with Gasteiger partial charge in [-0.1, -0.05) is 18.5 Å². The number of benzene rings is 1. The number of hydrogen-bond donors (Lipinski definition) is 1. The van der Waals surface area contributed by atoms with Gasteiger partial charge in [0.05, 0.1) is 22.1 Å². The number of ether oxygens (including phenoxy) is 1. The van der Waals surface area contributed by atoms with Crippen molar-refractivity contribution in [3.8, 4) is 0 Å². The highest BCUT2D eigenvalue weighted by atomic mass is 35.5. The molecule has 0 saturated carbocycles. The second-order valence-electron chi connectivity index (χ2n) is 4.46. The highest BCUT2D eigenvalue weighted by Gasteiger charge is 2.28. The molecule has 0 aliphatic rings. The van der Waals surface area contributed by atoms with E-state index >= 15 is 0 Å². The average molecular weight is 336 g/mol. The zero-order valence-electron chi connectivity index (χ0n) is 12.0. The van der Waals surface area contributed by atoms with Gasteiger partial charge in [0.2, 0.25) is 10.0 Å². The number of likely N-dealkylation sites (N-methyl/N-ethyl adjacent to an activating group) is 1. The van der Waals surface area contributed by atoms with Gasteiger partial charge in [0.1, 0.15) is 0 Å². The smallest absolute Gasteiger partial charge is 0.337 e. The van der Waals surface area contributed by atoms with E-state index in [0.717, 1.165) is 6.07 Å². The highest BCUT2D eigenvalue weighted by molar-refractivity contribution is 7.89. The molecule has 0 saturated heterocycles. The van der Waals surface area contributed by atoms with Gasteiger partial charge >= 0.3 is 5.97 Å². The Bertz CT molecular complexity index is 617. The third kappa shape index (κ3) is 3.94. The zero-order chi connectivity index (χ0) is 16.2. The van der Waals surface area contributed by atoms with Crippen LogP contribution in [-0.2, 0) is 14.8 Å². The van der Waals surface area contributed by atoms with Crippen LogP contribution < -0.4 is 0 Å². The van der Waals surface area contributed by atoms with Crippen LogP contribution in [0.2, 0.25) is 5.02 Å². The first-order chi connectivity index (χ1) is 9.75. The van der Waals surface area contributed by atoms with Crippen LogP contribution in [0, 0.1) is 0 Å². The van der Waals surface area contributed by atoms with Gasteiger partial charge in [-0.15, -0.1) is 0 Å². The molecule has 0 amide bonds. The second kappa shape index (κ2) is 7.22. The number of carbonyl (C=O) groups is 1. The maximum absolute atomic E-state index is 12.6. The minimum Gasteiger partial charge on any atom is -0.478 e. The largest absolute Gasteiger partial charge is 0.478 e. The number of methoxy groups -OCH3 is 1. The standard InChI is InChI=1S/C13H18ClNO5S/c1-4-15(9(2)8-20-3)21(18,19)10-5-6-11(13(16)17)12(14)7-10/h5-7,9H,4,8H2,1-3H3,(H,16,17). The first-order valence-corrected chi connectivity index (χ1v) is 8.11. The maximum atomic E-state index is 12.6. The van der Waals surface area contributed by atoms with Crippen molar-refractivity contribution in [3.63, 3.8) is 0 Å². The molecule has 0 bridgehead atoms. The van der Waals surface area contributed by atoms with E-state index in [1.54, 1.807) is 13.8 Å². The van der Waals surface area contributed by atoms with Crippen LogP contribution in [0.5, 0.6) is 0 Å². The zero-order valence-corrected chi connectivity index (χ0v) is 13.6. The van der Waals surface area contributed by atoms with Gasteiger partial charge in [0, 0.05) is 19.7 Å². The molecule has 1 N–H and O–H groups in total. The summed E-state index contributed by atoms with van der Waals surface area (Å²) in [6.45, 7) is 3.98. The Hall–Kier alpha value is -1.15. The van der Waals surface area contributed by atoms with E-state index < -0.39 is 16.0 Å². The monoisotopic (exact) mass is 335 g/mol. The average Bonchev–Trinajstić information content (AvgIpc) is 2.38. The normalized spacial score (nSPS) is 13.4. The van der Waals surface area contributed by atoms with E-state index in [9.17, 15) is 13.2 Å². The fraction of sp³-hybridized carbons (Fsp3) is 0.462. The quantitative estimate of drug-likeness (QED) is 0.824. The Morgan fingerprint density at radius 2 is 2.10 bits per heavy atom. The van der Waals surface area contributed by atoms with E-state index in [2.05, 4.69) is 0 Å². The third-order valence-electron chi connectivity index (χ3n) is 2.99. The lowest BCUT2D eigenvalue weighted by molar-refractivity contribution is 0.0697. The van der Waals surface area contributed by atoms with Crippen LogP contribution in [0.15, 0.2) is 23.1 Å². The minimum absolute atomic E-state index is 0.0395. The summed E-state index contributed by atoms with van der Waals surface area (Å²) in [5.74, 6) is -1.20. The number of hydrogen-bond acceptors (Lipinski definition) is 4. The van der Waals surface area contributed by atoms with Crippen molar-refractivity contribution in [2.75, 3.05) is 20.3 Å². The summed E-state index contributed by atoms with van der Waals surface area (Å²) in [4.78, 5) is 10.9. The summed E-state index contributed by atoms with van der Waals surface area (Å²) in [6.07, 6.45) is 0. The van der Waals surface area contributed by atoms with Crippen LogP contribution in [0.3, 0.4) is 0 Å². The van der Waals surface area contributed by atoms with Crippen LogP contribution in [0.1, 0.15) is 24.2 Å². The van der Waals surface area contributed by atoms with E-state index in [4.69, 9.17) is 21.4 Å². The maximum Gasteiger partial charge on any atom is 0.337 e. The lowest BCUT2D eigenvalue weighted by Gasteiger charge is -2.26. The van der Waals surface area contributed by atoms with E-state index in [1.807, 2.05) is 0 Å². The van der Waals surface area contributed by atoms with Crippen LogP contribution in [-0.4, -0.2) is 50.1 Å². The molecule has 1 atom stereocenters. The van der Waals surface area contributed by atoms with Crippen LogP contribution in [0.25, 0.3) is 0 Å². The first kappa shape index (κ1) is 17.9. The summed E-state index contributed by atoms with van der Waals surface area (Å²) in [5, 5.41) is 8.80. The van der Waals surface area contributed by atoms with E-state index in [0.29, 0.717) is 0 Å². The molecule has 118 valence electrons. The molecule has 0 aliphatic heterocycles. The number of rotatable bonds is 7. The fourth-order valence-electron chi connectivity index (χ4n) is 2.01. The Kier molecular flexibility index (Phi) is 6.15. The lowest BCUT2D eigenvalue weighted by Crippen LogP contribution is -2.40. The molecule has 8 heteroatoms. The van der Waals surface area contributed by atoms with Crippen molar-refractivity contribution >= 4 is 27.6 Å². The summed E-state index contributed by atoms with van der Waals surface area (Å²) >= 11 is 5.83. The molecule has 1 unspecified atom stereocenters. The second-order valence-corrected chi connectivity index (χ2v) is 6.76. The van der Waals surface area contributed by atoms with Crippen LogP contribution in [0.4, 0.5) is 0 Å². The molecule has 1 aromatic carbocycles. The number of halogens is 1. The highest BCUT2D eigenvalue weighted by Crippen LogP contribution is 2.24. The van der Waals surface area contributed by atoms with E-state index in [1.165, 1.54) is 23.5 Å². The molecule has 0 aliphatic carbocycles. The van der Waals surface area contributed by atoms with Crippen molar-refractivity contribution in [2.45, 2.75) is 24.8 Å². The van der Waals surface area contributed by atoms with Crippen molar-refractivity contribution in [3.05, 3.63) is 28.8 Å². The van der Waals surface area contributed by atoms with Crippen molar-refractivity contribution in [1.82, 2.24) is 4.31 Å². The molecule has 0 aromatic heterocycles. The summed E-state index contributed by atoms with van der Waals surface area (Å²) in [7, 11) is -2.27. The van der Waals surface area contributed by atoms with Gasteiger partial charge in [-0.2, -0.15) is 4.31 Å². The predicted molar refractivity (Wildman–Crippen MR) is 79.3 cm³/mol. The molecule has 0 heterocycles. The molecule has 6 nitrogen and oxygen atoms in total. The molecule has 0 fully saturated rings. The number of sulfonamides is 1. The Labute approximate surface area is 129 Å². The van der Waals surface area contributed by atoms with Crippen LogP contribution >= 0.6 is 11.6 Å². The molecule has 1 rings (SSSR count). The summed E-state index contributed by atoms with van der Waals surface area (Å²) in [5.41, 5.74) is -0.136. The number of carboxylic acid groups (broad SMARTS) is 1. The molecular weight excluding hydrogens is 318 g/mol. The molecule has 0 spiro atoms. The first-order valence-electron chi connectivity index (χ1n) is 6.29. The molecular formula is C13H18ClNO5S. The Balaban J connectivity index is 3.23. The minimum atomic E-state index is -3.76. The topological polar surface area (TPSA) is 83.9 Å². The van der Waals surface area contributed by atoms with Crippen molar-refractivity contribution in [2.24, 2.45) is 0 Å². The Morgan fingerprint density at radius 3 is 2.52 bits per heavy atom. The van der Waals surface area contributed by atoms with Crippen molar-refractivity contribution in [1.29, 1.82) is 0 Å². The van der Waals surface area contributed by atoms with Gasteiger partial charge < -0.3 is 9.84 Å². The third-order valence-corrected chi connectivity index (χ3v) is 5.39. The van der Waals surface area contributed by atoms with Gasteiger partial charge in [-0.05, 0) is 25.1 Å². The van der Waals surface area contributed by atoms with Gasteiger partial charge in [-0.3, -0.25) is 0 Å². The molecule has 1 aromatic rings. The van der Waals surface area contributed by atoms with E-state index in [-0.39, 0.29) is 34.7 Å². The van der Waals surface area contributed by atoms with Crippen molar-refractivity contribution < 1.29 is 23.1 Å². The summed E-state index contributed by atoms with van der Waals surface area (Å²) < 4.78 is 31.4. The molecule has 0 radical (unpaired) electrons. The lowest BCUT2D eigenvalue weighted by atomic mass is 10.2. The summed E-state index contributed by atoms with van der Waals surface area (Å²) in [6, 6.07) is 3.24. The Morgan fingerprint density at radius 1 is 1.48 bits per heavy atom. The van der Waals surface area contributed by atoms with Gasteiger partial charge in [0.25, 0.3) is 0 Å². The number of aromatic carboxylic acids is 1. The van der Waals surface area contributed by atoms with Gasteiger partial charge in [-0.25, -0.2) is 13.2 Å². The molecule has 21 heavy (non-hydrogen) atoms. The number of carboxylic acids is 1. The number of nitrogens with zero attached hydrogens (tertiary/aromatic N) is 1. The fourth-order valence-corrected chi connectivity index (χ4v) is 3.99. The van der Waals surface area contributed by atoms with Gasteiger partial charge in [0.15, 0.2) is 0 Å². The predicted octanol–water partition coefficient (Wildman–Crippen LogP) is 2.08. The SMILES string of the molecule is CCN(C(C)COC)S(=O)(=O)c1ccc(C(=O)O)c(Cl)c1.